The maximum atomic E-state index is 10.3. The molecule has 0 aromatic heterocycles. The molecule has 2 N–H and O–H groups in total. The second-order valence-electron chi connectivity index (χ2n) is 7.37. The third-order valence-electron chi connectivity index (χ3n) is 4.30. The average Bonchev–Trinajstić information content (AvgIpc) is 2.89. The van der Waals surface area contributed by atoms with Gasteiger partial charge in [-0.1, -0.05) is 0 Å². The van der Waals surface area contributed by atoms with E-state index < -0.39 is 5.97 Å². The van der Waals surface area contributed by atoms with Gasteiger partial charge in [-0.2, -0.15) is 0 Å². The van der Waals surface area contributed by atoms with E-state index in [0.717, 1.165) is 6.54 Å². The number of hydrogen-bond acceptors (Lipinski definition) is 12. The number of likely N-dealkylation sites (N-methyl/N-ethyl adjacent to an activating group) is 1. The van der Waals surface area contributed by atoms with Gasteiger partial charge in [-0.05, 0) is 7.05 Å². The summed E-state index contributed by atoms with van der Waals surface area (Å²) in [6.07, 6.45) is 0.00148. The second-order valence-corrected chi connectivity index (χ2v) is 7.37. The number of carboxylic acid groups (broad SMARTS) is 1. The summed E-state index contributed by atoms with van der Waals surface area (Å²) in [5.41, 5.74) is 0. The monoisotopic (exact) mass is 543 g/mol. The Morgan fingerprint density at radius 3 is 0.865 bits per heavy atom. The van der Waals surface area contributed by atoms with Gasteiger partial charge in [-0.3, -0.25) is 4.79 Å². The molecule has 13 nitrogen and oxygen atoms in total. The van der Waals surface area contributed by atoms with E-state index in [1.54, 1.807) is 0 Å². The lowest BCUT2D eigenvalue weighted by molar-refractivity contribution is -0.138. The molecule has 0 rings (SSSR count). The van der Waals surface area contributed by atoms with Crippen LogP contribution in [0.25, 0.3) is 0 Å². The second kappa shape index (κ2) is 33.1. The summed E-state index contributed by atoms with van der Waals surface area (Å²) in [5.74, 6) is -0.871. The number of aliphatic carboxylic acids is 1. The van der Waals surface area contributed by atoms with E-state index in [4.69, 9.17) is 52.5 Å². The number of carboxylic acids is 1. The Morgan fingerprint density at radius 1 is 0.432 bits per heavy atom. The zero-order valence-electron chi connectivity index (χ0n) is 22.5. The molecule has 0 fully saturated rings. The minimum Gasteiger partial charge on any atom is -0.481 e. The van der Waals surface area contributed by atoms with Crippen molar-refractivity contribution in [3.63, 3.8) is 0 Å². The molecule has 0 saturated carbocycles. The summed E-state index contributed by atoms with van der Waals surface area (Å²) in [6.45, 7) is 10.7. The van der Waals surface area contributed by atoms with Gasteiger partial charge in [0.15, 0.2) is 0 Å². The summed E-state index contributed by atoms with van der Waals surface area (Å²) in [5, 5.41) is 11.5. The van der Waals surface area contributed by atoms with Crippen LogP contribution in [0.4, 0.5) is 0 Å². The third kappa shape index (κ3) is 35.0. The molecule has 0 aliphatic heterocycles. The van der Waals surface area contributed by atoms with E-state index >= 15 is 0 Å². The first-order chi connectivity index (χ1) is 18.3. The first-order valence-corrected chi connectivity index (χ1v) is 12.9. The van der Waals surface area contributed by atoms with Crippen molar-refractivity contribution < 1.29 is 57.3 Å². The van der Waals surface area contributed by atoms with Gasteiger partial charge in [0.1, 0.15) is 0 Å². The van der Waals surface area contributed by atoms with E-state index in [9.17, 15) is 4.79 Å². The molecule has 0 unspecified atom stereocenters. The summed E-state index contributed by atoms with van der Waals surface area (Å²) < 4.78 is 53.7. The molecule has 0 spiro atoms. The van der Waals surface area contributed by atoms with Crippen LogP contribution in [0.15, 0.2) is 0 Å². The number of ether oxygens (including phenoxy) is 10. The molecule has 0 amide bonds. The highest BCUT2D eigenvalue weighted by molar-refractivity contribution is 5.66. The van der Waals surface area contributed by atoms with Crippen LogP contribution in [-0.2, 0) is 52.2 Å². The minimum atomic E-state index is -0.871. The average molecular weight is 544 g/mol. The predicted octanol–water partition coefficient (Wildman–Crippen LogP) is -0.153. The highest BCUT2D eigenvalue weighted by Gasteiger charge is 1.97. The van der Waals surface area contributed by atoms with Gasteiger partial charge in [0.2, 0.25) is 0 Å². The van der Waals surface area contributed by atoms with Crippen LogP contribution in [0.3, 0.4) is 0 Å². The fourth-order valence-electron chi connectivity index (χ4n) is 2.41. The Morgan fingerprint density at radius 2 is 0.649 bits per heavy atom. The first-order valence-electron chi connectivity index (χ1n) is 12.9. The molecule has 0 aromatic carbocycles. The maximum absolute atomic E-state index is 10.3. The van der Waals surface area contributed by atoms with Crippen molar-refractivity contribution in [2.75, 3.05) is 146 Å². The summed E-state index contributed by atoms with van der Waals surface area (Å²) in [4.78, 5) is 10.3. The number of carbonyl (C=O) groups is 1. The van der Waals surface area contributed by atoms with Crippen LogP contribution in [0.2, 0.25) is 0 Å². The summed E-state index contributed by atoms with van der Waals surface area (Å²) in [7, 11) is 1.89. The standard InChI is InChI=1S/C24H49NO12/c1-25-3-5-29-7-9-31-11-13-33-15-17-35-19-21-37-23-22-36-20-18-34-16-14-32-12-10-30-8-6-28-4-2-24(26)27/h25H,2-23H2,1H3,(H,26,27). The zero-order valence-corrected chi connectivity index (χ0v) is 22.5. The molecular formula is C24H49NO12. The quantitative estimate of drug-likeness (QED) is 0.106. The Bertz CT molecular complexity index is 448. The van der Waals surface area contributed by atoms with Crippen LogP contribution in [0.1, 0.15) is 6.42 Å². The van der Waals surface area contributed by atoms with Gasteiger partial charge in [-0.15, -0.1) is 0 Å². The lowest BCUT2D eigenvalue weighted by atomic mass is 10.5. The van der Waals surface area contributed by atoms with Crippen molar-refractivity contribution >= 4 is 5.97 Å². The molecule has 0 atom stereocenters. The van der Waals surface area contributed by atoms with Crippen LogP contribution in [0.5, 0.6) is 0 Å². The molecule has 0 aromatic rings. The van der Waals surface area contributed by atoms with Crippen LogP contribution < -0.4 is 5.32 Å². The number of hydrogen-bond donors (Lipinski definition) is 2. The van der Waals surface area contributed by atoms with Crippen molar-refractivity contribution in [3.05, 3.63) is 0 Å². The SMILES string of the molecule is CNCCOCCOCCOCCOCCOCCOCCOCCOCCOCCOCCC(=O)O. The molecular weight excluding hydrogens is 494 g/mol. The van der Waals surface area contributed by atoms with Gasteiger partial charge in [0.25, 0.3) is 0 Å². The van der Waals surface area contributed by atoms with Crippen LogP contribution in [0, 0.1) is 0 Å². The van der Waals surface area contributed by atoms with Gasteiger partial charge < -0.3 is 57.8 Å². The fraction of sp³-hybridized carbons (Fsp3) is 0.958. The Kier molecular flexibility index (Phi) is 32.2. The van der Waals surface area contributed by atoms with E-state index in [0.29, 0.717) is 126 Å². The van der Waals surface area contributed by atoms with Crippen LogP contribution >= 0.6 is 0 Å². The van der Waals surface area contributed by atoms with Gasteiger partial charge in [0, 0.05) is 6.54 Å². The van der Waals surface area contributed by atoms with Crippen molar-refractivity contribution in [2.45, 2.75) is 6.42 Å². The Labute approximate surface area is 221 Å². The molecule has 0 aliphatic carbocycles. The third-order valence-corrected chi connectivity index (χ3v) is 4.30. The summed E-state index contributed by atoms with van der Waals surface area (Å²) >= 11 is 0. The zero-order chi connectivity index (χ0) is 26.9. The number of rotatable bonds is 33. The fourth-order valence-corrected chi connectivity index (χ4v) is 2.41. The van der Waals surface area contributed by atoms with E-state index in [1.807, 2.05) is 7.05 Å². The molecule has 222 valence electrons. The molecule has 0 aliphatic rings. The van der Waals surface area contributed by atoms with E-state index in [1.165, 1.54) is 0 Å². The van der Waals surface area contributed by atoms with E-state index in [2.05, 4.69) is 5.32 Å². The lowest BCUT2D eigenvalue weighted by Crippen LogP contribution is -2.17. The largest absolute Gasteiger partial charge is 0.481 e. The molecule has 37 heavy (non-hydrogen) atoms. The van der Waals surface area contributed by atoms with Crippen molar-refractivity contribution in [3.8, 4) is 0 Å². The lowest BCUT2D eigenvalue weighted by Gasteiger charge is -2.09. The molecule has 13 heteroatoms. The molecule has 0 saturated heterocycles. The van der Waals surface area contributed by atoms with E-state index in [-0.39, 0.29) is 13.0 Å². The molecule has 0 radical (unpaired) electrons. The Balaban J connectivity index is 3.02. The molecule has 0 heterocycles. The minimum absolute atomic E-state index is 0.00148. The predicted molar refractivity (Wildman–Crippen MR) is 134 cm³/mol. The van der Waals surface area contributed by atoms with Crippen LogP contribution in [-0.4, -0.2) is 157 Å². The van der Waals surface area contributed by atoms with Crippen molar-refractivity contribution in [2.24, 2.45) is 0 Å². The highest BCUT2D eigenvalue weighted by atomic mass is 16.6. The Hall–Kier alpha value is -0.970. The normalized spacial score (nSPS) is 11.4. The van der Waals surface area contributed by atoms with Gasteiger partial charge in [-0.25, -0.2) is 0 Å². The topological polar surface area (TPSA) is 142 Å². The van der Waals surface area contributed by atoms with Gasteiger partial charge in [0.05, 0.1) is 139 Å². The maximum Gasteiger partial charge on any atom is 0.305 e. The summed E-state index contributed by atoms with van der Waals surface area (Å²) in [6, 6.07) is 0. The highest BCUT2D eigenvalue weighted by Crippen LogP contribution is 1.87. The smallest absolute Gasteiger partial charge is 0.305 e. The van der Waals surface area contributed by atoms with Gasteiger partial charge >= 0.3 is 5.97 Å². The first kappa shape index (κ1) is 36.0. The molecule has 0 bridgehead atoms. The van der Waals surface area contributed by atoms with Crippen molar-refractivity contribution in [1.29, 1.82) is 0 Å². The number of nitrogens with one attached hydrogen (secondary N) is 1. The van der Waals surface area contributed by atoms with Crippen molar-refractivity contribution in [1.82, 2.24) is 5.32 Å².